The van der Waals surface area contributed by atoms with E-state index in [0.717, 1.165) is 11.1 Å². The summed E-state index contributed by atoms with van der Waals surface area (Å²) in [5.41, 5.74) is 1.92. The molecule has 2 aromatic rings. The predicted molar refractivity (Wildman–Crippen MR) is 79.4 cm³/mol. The van der Waals surface area contributed by atoms with E-state index in [9.17, 15) is 9.59 Å². The van der Waals surface area contributed by atoms with Gasteiger partial charge in [0.2, 0.25) is 11.8 Å². The van der Waals surface area contributed by atoms with E-state index in [-0.39, 0.29) is 11.8 Å². The second-order valence-corrected chi connectivity index (χ2v) is 5.11. The lowest BCUT2D eigenvalue weighted by atomic mass is 9.98. The maximum Gasteiger partial charge on any atom is 0.248 e. The van der Waals surface area contributed by atoms with Gasteiger partial charge < -0.3 is 0 Å². The van der Waals surface area contributed by atoms with Crippen LogP contribution in [-0.4, -0.2) is 17.9 Å². The second kappa shape index (κ2) is 5.89. The van der Waals surface area contributed by atoms with E-state index >= 15 is 0 Å². The first kappa shape index (κ1) is 13.5. The summed E-state index contributed by atoms with van der Waals surface area (Å²) < 4.78 is 0. The number of hydrogen-bond donors (Lipinski definition) is 2. The molecule has 106 valence electrons. The number of piperazine rings is 1. The highest BCUT2D eigenvalue weighted by Gasteiger charge is 2.34. The summed E-state index contributed by atoms with van der Waals surface area (Å²) in [4.78, 5) is 24.0. The van der Waals surface area contributed by atoms with Gasteiger partial charge in [-0.2, -0.15) is 0 Å². The molecule has 2 atom stereocenters. The quantitative estimate of drug-likeness (QED) is 0.839. The fourth-order valence-corrected chi connectivity index (χ4v) is 2.53. The van der Waals surface area contributed by atoms with Crippen LogP contribution in [0.4, 0.5) is 0 Å². The summed E-state index contributed by atoms with van der Waals surface area (Å²) in [6.45, 7) is 0. The lowest BCUT2D eigenvalue weighted by Crippen LogP contribution is -2.58. The Labute approximate surface area is 123 Å². The van der Waals surface area contributed by atoms with Gasteiger partial charge in [0.15, 0.2) is 0 Å². The molecular formula is C17H16N2O2. The van der Waals surface area contributed by atoms with Crippen LogP contribution in [0.2, 0.25) is 0 Å². The highest BCUT2D eigenvalue weighted by Crippen LogP contribution is 2.18. The zero-order valence-electron chi connectivity index (χ0n) is 11.5. The standard InChI is InChI=1S/C17H16N2O2/c20-16-14(11-12-7-3-1-4-8-12)18-15(17(21)19-16)13-9-5-2-6-10-13/h1-10,14-15,18H,11H2,(H,19,20,21)/t14-,15-/m0/s1. The van der Waals surface area contributed by atoms with Crippen molar-refractivity contribution in [2.45, 2.75) is 18.5 Å². The molecule has 2 N–H and O–H groups in total. The Morgan fingerprint density at radius 2 is 1.43 bits per heavy atom. The number of carbonyl (C=O) groups is 2. The van der Waals surface area contributed by atoms with Gasteiger partial charge in [0.05, 0.1) is 6.04 Å². The molecule has 4 heteroatoms. The minimum Gasteiger partial charge on any atom is -0.293 e. The predicted octanol–water partition coefficient (Wildman–Crippen LogP) is 1.58. The molecule has 2 amide bonds. The van der Waals surface area contributed by atoms with Crippen molar-refractivity contribution in [2.24, 2.45) is 0 Å². The van der Waals surface area contributed by atoms with Gasteiger partial charge in [-0.3, -0.25) is 20.2 Å². The normalized spacial score (nSPS) is 21.9. The fraction of sp³-hybridized carbons (Fsp3) is 0.176. The van der Waals surface area contributed by atoms with Gasteiger partial charge in [-0.25, -0.2) is 0 Å². The van der Waals surface area contributed by atoms with E-state index < -0.39 is 12.1 Å². The smallest absolute Gasteiger partial charge is 0.248 e. The third kappa shape index (κ3) is 3.01. The summed E-state index contributed by atoms with van der Waals surface area (Å²) in [5, 5.41) is 5.61. The Morgan fingerprint density at radius 3 is 2.10 bits per heavy atom. The number of nitrogens with one attached hydrogen (secondary N) is 2. The van der Waals surface area contributed by atoms with E-state index in [1.165, 1.54) is 0 Å². The van der Waals surface area contributed by atoms with Crippen molar-refractivity contribution in [1.29, 1.82) is 0 Å². The van der Waals surface area contributed by atoms with Crippen molar-refractivity contribution in [3.8, 4) is 0 Å². The molecule has 0 spiro atoms. The summed E-state index contributed by atoms with van der Waals surface area (Å²) >= 11 is 0. The molecule has 4 nitrogen and oxygen atoms in total. The van der Waals surface area contributed by atoms with Gasteiger partial charge in [0, 0.05) is 0 Å². The Kier molecular flexibility index (Phi) is 3.79. The first-order valence-corrected chi connectivity index (χ1v) is 6.93. The molecule has 3 rings (SSSR count). The molecule has 0 radical (unpaired) electrons. The average molecular weight is 280 g/mol. The van der Waals surface area contributed by atoms with Crippen molar-refractivity contribution in [2.75, 3.05) is 0 Å². The fourth-order valence-electron chi connectivity index (χ4n) is 2.53. The molecule has 0 unspecified atom stereocenters. The number of amides is 2. The molecule has 1 aliphatic heterocycles. The first-order valence-electron chi connectivity index (χ1n) is 6.93. The van der Waals surface area contributed by atoms with Gasteiger partial charge in [0.1, 0.15) is 6.04 Å². The summed E-state index contributed by atoms with van der Waals surface area (Å²) in [7, 11) is 0. The SMILES string of the molecule is O=C1NC(=O)[C@H](c2ccccc2)N[C@H]1Cc1ccccc1. The van der Waals surface area contributed by atoms with Gasteiger partial charge in [0.25, 0.3) is 0 Å². The van der Waals surface area contributed by atoms with E-state index in [2.05, 4.69) is 10.6 Å². The zero-order valence-corrected chi connectivity index (χ0v) is 11.5. The molecule has 0 saturated carbocycles. The van der Waals surface area contributed by atoms with Crippen molar-refractivity contribution in [1.82, 2.24) is 10.6 Å². The summed E-state index contributed by atoms with van der Waals surface area (Å²) in [6, 6.07) is 18.3. The van der Waals surface area contributed by atoms with Crippen LogP contribution in [0, 0.1) is 0 Å². The second-order valence-electron chi connectivity index (χ2n) is 5.11. The van der Waals surface area contributed by atoms with Gasteiger partial charge in [-0.1, -0.05) is 60.7 Å². The molecule has 1 aliphatic rings. The minimum atomic E-state index is -0.488. The van der Waals surface area contributed by atoms with E-state index in [4.69, 9.17) is 0 Å². The molecule has 0 aliphatic carbocycles. The molecular weight excluding hydrogens is 264 g/mol. The van der Waals surface area contributed by atoms with Gasteiger partial charge in [-0.05, 0) is 17.5 Å². The van der Waals surface area contributed by atoms with Crippen molar-refractivity contribution in [3.63, 3.8) is 0 Å². The third-order valence-electron chi connectivity index (χ3n) is 3.61. The number of benzene rings is 2. The maximum absolute atomic E-state index is 12.0. The monoisotopic (exact) mass is 280 g/mol. The summed E-state index contributed by atoms with van der Waals surface area (Å²) in [5.74, 6) is -0.563. The highest BCUT2D eigenvalue weighted by molar-refractivity contribution is 6.03. The van der Waals surface area contributed by atoms with E-state index in [1.807, 2.05) is 60.7 Å². The van der Waals surface area contributed by atoms with Crippen LogP contribution in [0.25, 0.3) is 0 Å². The molecule has 1 fully saturated rings. The van der Waals surface area contributed by atoms with Crippen LogP contribution < -0.4 is 10.6 Å². The maximum atomic E-state index is 12.0. The number of carbonyl (C=O) groups excluding carboxylic acids is 2. The van der Waals surface area contributed by atoms with E-state index in [0.29, 0.717) is 6.42 Å². The number of rotatable bonds is 3. The van der Waals surface area contributed by atoms with Crippen LogP contribution in [0.3, 0.4) is 0 Å². The molecule has 21 heavy (non-hydrogen) atoms. The van der Waals surface area contributed by atoms with Crippen LogP contribution in [-0.2, 0) is 16.0 Å². The third-order valence-corrected chi connectivity index (χ3v) is 3.61. The van der Waals surface area contributed by atoms with Crippen LogP contribution in [0.1, 0.15) is 17.2 Å². The Morgan fingerprint density at radius 1 is 0.810 bits per heavy atom. The molecule has 0 aromatic heterocycles. The molecule has 0 bridgehead atoms. The lowest BCUT2D eigenvalue weighted by Gasteiger charge is -2.29. The van der Waals surface area contributed by atoms with E-state index in [1.54, 1.807) is 0 Å². The molecule has 1 heterocycles. The number of hydrogen-bond acceptors (Lipinski definition) is 3. The van der Waals surface area contributed by atoms with Crippen molar-refractivity contribution in [3.05, 3.63) is 71.8 Å². The Balaban J connectivity index is 1.79. The summed E-state index contributed by atoms with van der Waals surface area (Å²) in [6.07, 6.45) is 0.559. The van der Waals surface area contributed by atoms with Crippen LogP contribution >= 0.6 is 0 Å². The van der Waals surface area contributed by atoms with Crippen molar-refractivity contribution >= 4 is 11.8 Å². The first-order chi connectivity index (χ1) is 10.2. The lowest BCUT2D eigenvalue weighted by molar-refractivity contribution is -0.136. The number of imide groups is 1. The average Bonchev–Trinajstić information content (AvgIpc) is 2.52. The van der Waals surface area contributed by atoms with Gasteiger partial charge >= 0.3 is 0 Å². The Hall–Kier alpha value is -2.46. The minimum absolute atomic E-state index is 0.268. The van der Waals surface area contributed by atoms with Crippen molar-refractivity contribution < 1.29 is 9.59 Å². The largest absolute Gasteiger partial charge is 0.293 e. The van der Waals surface area contributed by atoms with Crippen LogP contribution in [0.15, 0.2) is 60.7 Å². The molecule has 2 aromatic carbocycles. The highest BCUT2D eigenvalue weighted by atomic mass is 16.2. The Bertz CT molecular complexity index is 640. The molecule has 1 saturated heterocycles. The van der Waals surface area contributed by atoms with Gasteiger partial charge in [-0.15, -0.1) is 0 Å². The van der Waals surface area contributed by atoms with Crippen LogP contribution in [0.5, 0.6) is 0 Å². The zero-order chi connectivity index (χ0) is 14.7. The topological polar surface area (TPSA) is 58.2 Å².